The molecule has 13 rings (SSSR count). The molecular formula is C67H67N5. The lowest BCUT2D eigenvalue weighted by Crippen LogP contribution is -2.34. The SMILES string of the molecule is C=C/C=C(/C1=CCC(N2C3=C(CCC=C3)c3c(c4ccccc4n3C3=CCCC=C3)-c3ccccc32)C=C1)C(C)n1c2ccccc2c2c3c(ccc21)C=CC1=C(N=CCC1)N3C1=CC=CCC1.CC.CC. The standard InChI is InChI=1S/C63H55N5.2C2H6/c1-3-19-49(42(2)65-54-29-14-12-27-52(54)60-58(65)40-37-44-33-34-45-20-18-41-64-63(45)68(61(44)60)47-23-8-5-9-24-47)43-35-38-48(39-36-43)66-55-30-15-10-25-50(55)59-51-26-11-16-31-56(51)67(46-21-6-4-7-22-46)62(59)53-28-13-17-32-57(53)66;2*1-2/h3,5-6,8,10-12,14-17,19,21-23,25-27,29-38,40-42,48H,1,4,7,9,13,18,20,24,28,39H2,2H3;2*1-2H3/b49-19+;;. The Balaban J connectivity index is 0.00000137. The van der Waals surface area contributed by atoms with Crippen molar-refractivity contribution in [2.45, 2.75) is 104 Å². The van der Waals surface area contributed by atoms with Gasteiger partial charge in [-0.3, -0.25) is 4.90 Å². The van der Waals surface area contributed by atoms with Gasteiger partial charge in [-0.1, -0.05) is 168 Å². The smallest absolute Gasteiger partial charge is 0.140 e. The molecule has 2 aromatic heterocycles. The lowest BCUT2D eigenvalue weighted by atomic mass is 9.90. The van der Waals surface area contributed by atoms with Crippen LogP contribution >= 0.6 is 0 Å². The minimum Gasteiger partial charge on any atom is -0.333 e. The van der Waals surface area contributed by atoms with Crippen LogP contribution in [0.5, 0.6) is 0 Å². The molecule has 2 atom stereocenters. The Bertz CT molecular complexity index is 3530. The highest BCUT2D eigenvalue weighted by atomic mass is 15.2. The number of hydrogen-bond acceptors (Lipinski definition) is 3. The van der Waals surface area contributed by atoms with E-state index in [1.165, 1.54) is 106 Å². The number of rotatable bonds is 7. The van der Waals surface area contributed by atoms with Gasteiger partial charge in [0.15, 0.2) is 0 Å². The van der Waals surface area contributed by atoms with Crippen molar-refractivity contribution in [3.63, 3.8) is 0 Å². The summed E-state index contributed by atoms with van der Waals surface area (Å²) in [5, 5.41) is 3.84. The molecule has 0 fully saturated rings. The lowest BCUT2D eigenvalue weighted by molar-refractivity contribution is 0.673. The number of aliphatic imine (C=N–C) groups is 1. The van der Waals surface area contributed by atoms with Crippen LogP contribution in [0.15, 0.2) is 215 Å². The highest BCUT2D eigenvalue weighted by Crippen LogP contribution is 2.52. The molecule has 4 aliphatic carbocycles. The topological polar surface area (TPSA) is 28.7 Å². The molecule has 0 saturated carbocycles. The number of benzene rings is 4. The first-order valence-electron chi connectivity index (χ1n) is 26.8. The minimum absolute atomic E-state index is 0.00541. The molecule has 7 aliphatic rings. The fourth-order valence-electron chi connectivity index (χ4n) is 12.2. The van der Waals surface area contributed by atoms with Crippen LogP contribution in [0.2, 0.25) is 0 Å². The number of aromatic nitrogens is 2. The van der Waals surface area contributed by atoms with Crippen LogP contribution in [0, 0.1) is 0 Å². The molecule has 2 unspecified atom stereocenters. The van der Waals surface area contributed by atoms with E-state index in [2.05, 4.69) is 209 Å². The number of fused-ring (bicyclic) bond motifs is 11. The van der Waals surface area contributed by atoms with Gasteiger partial charge in [-0.25, -0.2) is 4.99 Å². The number of nitrogens with zero attached hydrogens (tertiary/aromatic N) is 5. The van der Waals surface area contributed by atoms with E-state index in [0.29, 0.717) is 0 Å². The van der Waals surface area contributed by atoms with Gasteiger partial charge in [0.2, 0.25) is 0 Å². The molecule has 0 N–H and O–H groups in total. The van der Waals surface area contributed by atoms with Crippen LogP contribution < -0.4 is 9.80 Å². The molecule has 5 nitrogen and oxygen atoms in total. The Labute approximate surface area is 427 Å². The van der Waals surface area contributed by atoms with E-state index in [-0.39, 0.29) is 12.1 Å². The molecule has 0 spiro atoms. The van der Waals surface area contributed by atoms with Crippen molar-refractivity contribution in [1.82, 2.24) is 9.13 Å². The van der Waals surface area contributed by atoms with Gasteiger partial charge in [0, 0.05) is 67.4 Å². The molecular weight excluding hydrogens is 875 g/mol. The number of allylic oxidation sites excluding steroid dienone is 18. The van der Waals surface area contributed by atoms with Gasteiger partial charge in [-0.05, 0) is 129 Å². The molecule has 3 aliphatic heterocycles. The summed E-state index contributed by atoms with van der Waals surface area (Å²) in [7, 11) is 0. The summed E-state index contributed by atoms with van der Waals surface area (Å²) in [6, 6.07) is 32.0. The second kappa shape index (κ2) is 20.2. The van der Waals surface area contributed by atoms with Gasteiger partial charge < -0.3 is 14.0 Å². The van der Waals surface area contributed by atoms with Gasteiger partial charge in [0.25, 0.3) is 0 Å². The summed E-state index contributed by atoms with van der Waals surface area (Å²) in [6.07, 6.45) is 46.0. The fraction of sp³-hybridized carbons (Fsp3) is 0.239. The lowest BCUT2D eigenvalue weighted by Gasteiger charge is -2.36. The molecule has 0 radical (unpaired) electrons. The van der Waals surface area contributed by atoms with Crippen molar-refractivity contribution in [1.29, 1.82) is 0 Å². The highest BCUT2D eigenvalue weighted by Gasteiger charge is 2.36. The summed E-state index contributed by atoms with van der Waals surface area (Å²) >= 11 is 0. The predicted molar refractivity (Wildman–Crippen MR) is 311 cm³/mol. The number of para-hydroxylation sites is 3. The van der Waals surface area contributed by atoms with Crippen molar-refractivity contribution in [3.8, 4) is 11.1 Å². The molecule has 72 heavy (non-hydrogen) atoms. The average molecular weight is 942 g/mol. The zero-order valence-electron chi connectivity index (χ0n) is 42.8. The van der Waals surface area contributed by atoms with E-state index in [4.69, 9.17) is 4.99 Å². The first-order chi connectivity index (χ1) is 35.7. The van der Waals surface area contributed by atoms with Crippen molar-refractivity contribution in [3.05, 3.63) is 222 Å². The molecule has 360 valence electrons. The molecule has 0 amide bonds. The zero-order valence-corrected chi connectivity index (χ0v) is 42.8. The van der Waals surface area contributed by atoms with Crippen LogP contribution in [0.3, 0.4) is 0 Å². The Morgan fingerprint density at radius 2 is 1.51 bits per heavy atom. The van der Waals surface area contributed by atoms with Crippen LogP contribution in [-0.2, 0) is 0 Å². The predicted octanol–water partition coefficient (Wildman–Crippen LogP) is 18.3. The maximum Gasteiger partial charge on any atom is 0.140 e. The fourth-order valence-corrected chi connectivity index (χ4v) is 12.2. The average Bonchev–Trinajstić information content (AvgIpc) is 3.87. The zero-order chi connectivity index (χ0) is 49.3. The first-order valence-corrected chi connectivity index (χ1v) is 26.8. The van der Waals surface area contributed by atoms with Crippen molar-refractivity contribution in [2.75, 3.05) is 9.80 Å². The maximum absolute atomic E-state index is 5.14. The van der Waals surface area contributed by atoms with Crippen LogP contribution in [0.4, 0.5) is 11.4 Å². The quantitative estimate of drug-likeness (QED) is 0.149. The van der Waals surface area contributed by atoms with Gasteiger partial charge >= 0.3 is 0 Å². The molecule has 0 bridgehead atoms. The summed E-state index contributed by atoms with van der Waals surface area (Å²) in [4.78, 5) is 10.3. The van der Waals surface area contributed by atoms with E-state index in [1.54, 1.807) is 0 Å². The van der Waals surface area contributed by atoms with E-state index in [1.807, 2.05) is 33.8 Å². The minimum atomic E-state index is 0.00541. The third-order valence-electron chi connectivity index (χ3n) is 15.2. The summed E-state index contributed by atoms with van der Waals surface area (Å²) in [5.74, 6) is 1.06. The molecule has 5 heterocycles. The summed E-state index contributed by atoms with van der Waals surface area (Å²) in [5.41, 5.74) is 20.5. The molecule has 4 aromatic carbocycles. The van der Waals surface area contributed by atoms with Gasteiger partial charge in [0.1, 0.15) is 5.82 Å². The monoisotopic (exact) mass is 942 g/mol. The molecule has 5 heteroatoms. The third kappa shape index (κ3) is 7.73. The Morgan fingerprint density at radius 3 is 2.31 bits per heavy atom. The van der Waals surface area contributed by atoms with Crippen LogP contribution in [0.25, 0.3) is 61.2 Å². The van der Waals surface area contributed by atoms with E-state index >= 15 is 0 Å². The van der Waals surface area contributed by atoms with Crippen molar-refractivity contribution < 1.29 is 0 Å². The largest absolute Gasteiger partial charge is 0.333 e. The maximum atomic E-state index is 5.14. The van der Waals surface area contributed by atoms with E-state index in [9.17, 15) is 0 Å². The first kappa shape index (κ1) is 46.7. The van der Waals surface area contributed by atoms with E-state index < -0.39 is 0 Å². The molecule has 6 aromatic rings. The summed E-state index contributed by atoms with van der Waals surface area (Å²) in [6.45, 7) is 14.7. The van der Waals surface area contributed by atoms with Gasteiger partial charge in [0.05, 0.1) is 34.5 Å². The Kier molecular flexibility index (Phi) is 13.1. The van der Waals surface area contributed by atoms with Crippen molar-refractivity contribution in [2.24, 2.45) is 4.99 Å². The van der Waals surface area contributed by atoms with Gasteiger partial charge in [-0.2, -0.15) is 0 Å². The second-order valence-corrected chi connectivity index (χ2v) is 19.0. The normalized spacial score (nSPS) is 19.2. The number of anilines is 2. The van der Waals surface area contributed by atoms with Crippen molar-refractivity contribution >= 4 is 67.6 Å². The Morgan fingerprint density at radius 1 is 0.722 bits per heavy atom. The second-order valence-electron chi connectivity index (χ2n) is 19.0. The third-order valence-corrected chi connectivity index (χ3v) is 15.2. The molecule has 0 saturated heterocycles. The van der Waals surface area contributed by atoms with Gasteiger partial charge in [-0.15, -0.1) is 0 Å². The summed E-state index contributed by atoms with van der Waals surface area (Å²) < 4.78 is 5.14. The highest BCUT2D eigenvalue weighted by molar-refractivity contribution is 6.17. The van der Waals surface area contributed by atoms with E-state index in [0.717, 1.165) is 63.6 Å². The Hall–Kier alpha value is -7.63. The number of hydrogen-bond donors (Lipinski definition) is 0. The van der Waals surface area contributed by atoms with Crippen LogP contribution in [0.1, 0.15) is 110 Å². The van der Waals surface area contributed by atoms with Crippen LogP contribution in [-0.4, -0.2) is 21.4 Å².